The topological polar surface area (TPSA) is 66.0 Å². The number of nitrogens with one attached hydrogen (secondary N) is 1. The maximum atomic E-state index is 13.6. The molecule has 2 aromatic carbocycles. The molecule has 0 aliphatic rings. The first-order valence-corrected chi connectivity index (χ1v) is 5.73. The van der Waals surface area contributed by atoms with Gasteiger partial charge in [0.05, 0.1) is 11.1 Å². The summed E-state index contributed by atoms with van der Waals surface area (Å²) >= 11 is 0. The molecule has 0 fully saturated rings. The van der Waals surface area contributed by atoms with E-state index in [1.165, 1.54) is 18.2 Å². The molecular weight excluding hydrogens is 266 g/mol. The molecule has 0 aliphatic heterocycles. The van der Waals surface area contributed by atoms with E-state index in [2.05, 4.69) is 9.97 Å². The molecule has 6 heteroatoms. The Hall–Kier alpha value is -2.76. The fourth-order valence-electron chi connectivity index (χ4n) is 1.95. The van der Waals surface area contributed by atoms with E-state index in [1.54, 1.807) is 12.1 Å². The van der Waals surface area contributed by atoms with Crippen LogP contribution in [0.2, 0.25) is 0 Å². The van der Waals surface area contributed by atoms with Crippen LogP contribution >= 0.6 is 0 Å². The number of aromatic nitrogens is 2. The number of carboxylic acid groups (broad SMARTS) is 1. The first-order chi connectivity index (χ1) is 9.56. The van der Waals surface area contributed by atoms with E-state index in [-0.39, 0.29) is 16.9 Å². The van der Waals surface area contributed by atoms with Crippen LogP contribution in [0.25, 0.3) is 22.4 Å². The van der Waals surface area contributed by atoms with Crippen LogP contribution in [0.1, 0.15) is 10.4 Å². The molecule has 100 valence electrons. The predicted molar refractivity (Wildman–Crippen MR) is 68.4 cm³/mol. The molecule has 0 saturated heterocycles. The Morgan fingerprint density at radius 1 is 1.20 bits per heavy atom. The summed E-state index contributed by atoms with van der Waals surface area (Å²) in [4.78, 5) is 17.7. The molecule has 3 aromatic rings. The molecule has 0 atom stereocenters. The third-order valence-corrected chi connectivity index (χ3v) is 2.93. The lowest BCUT2D eigenvalue weighted by molar-refractivity contribution is 0.0697. The third kappa shape index (κ3) is 1.91. The van der Waals surface area contributed by atoms with Gasteiger partial charge >= 0.3 is 5.97 Å². The number of aromatic amines is 1. The second kappa shape index (κ2) is 4.41. The number of benzene rings is 2. The van der Waals surface area contributed by atoms with Crippen molar-refractivity contribution >= 4 is 17.0 Å². The lowest BCUT2D eigenvalue weighted by Crippen LogP contribution is -1.96. The van der Waals surface area contributed by atoms with Gasteiger partial charge in [-0.1, -0.05) is 12.1 Å². The quantitative estimate of drug-likeness (QED) is 0.754. The van der Waals surface area contributed by atoms with Gasteiger partial charge in [0, 0.05) is 5.56 Å². The molecule has 20 heavy (non-hydrogen) atoms. The largest absolute Gasteiger partial charge is 0.478 e. The monoisotopic (exact) mass is 274 g/mol. The first-order valence-electron chi connectivity index (χ1n) is 5.73. The fraction of sp³-hybridized carbons (Fsp3) is 0. The van der Waals surface area contributed by atoms with Gasteiger partial charge in [0.2, 0.25) is 0 Å². The Labute approximate surface area is 111 Å². The Bertz CT molecular complexity index is 827. The average Bonchev–Trinajstić information content (AvgIpc) is 2.88. The highest BCUT2D eigenvalue weighted by Gasteiger charge is 2.13. The number of halogens is 2. The SMILES string of the molecule is O=C(O)c1cccc(-c2nc3c(F)c(F)ccc3[nH]2)c1. The molecule has 4 nitrogen and oxygen atoms in total. The maximum Gasteiger partial charge on any atom is 0.335 e. The normalized spacial score (nSPS) is 10.9. The minimum Gasteiger partial charge on any atom is -0.478 e. The molecule has 0 amide bonds. The highest BCUT2D eigenvalue weighted by molar-refractivity contribution is 5.89. The lowest BCUT2D eigenvalue weighted by atomic mass is 10.1. The Balaban J connectivity index is 2.17. The second-order valence-corrected chi connectivity index (χ2v) is 4.23. The number of rotatable bonds is 2. The summed E-state index contributed by atoms with van der Waals surface area (Å²) in [5.74, 6) is -2.79. The summed E-state index contributed by atoms with van der Waals surface area (Å²) in [5.41, 5.74) is 0.816. The first kappa shape index (κ1) is 12.3. The molecule has 0 bridgehead atoms. The third-order valence-electron chi connectivity index (χ3n) is 2.93. The number of hydrogen-bond acceptors (Lipinski definition) is 2. The van der Waals surface area contributed by atoms with Gasteiger partial charge < -0.3 is 10.1 Å². The van der Waals surface area contributed by atoms with E-state index in [0.29, 0.717) is 11.1 Å². The van der Waals surface area contributed by atoms with Crippen molar-refractivity contribution in [2.75, 3.05) is 0 Å². The van der Waals surface area contributed by atoms with Crippen molar-refractivity contribution in [3.8, 4) is 11.4 Å². The standard InChI is InChI=1S/C14H8F2N2O2/c15-9-4-5-10-12(11(9)16)18-13(17-10)7-2-1-3-8(6-7)14(19)20/h1-6H,(H,17,18)(H,19,20). The smallest absolute Gasteiger partial charge is 0.335 e. The van der Waals surface area contributed by atoms with Crippen LogP contribution in [0.4, 0.5) is 8.78 Å². The van der Waals surface area contributed by atoms with Crippen molar-refractivity contribution in [3.05, 3.63) is 53.6 Å². The van der Waals surface area contributed by atoms with Crippen LogP contribution < -0.4 is 0 Å². The van der Waals surface area contributed by atoms with E-state index >= 15 is 0 Å². The minimum absolute atomic E-state index is 0.0922. The number of carbonyl (C=O) groups is 1. The zero-order chi connectivity index (χ0) is 14.3. The van der Waals surface area contributed by atoms with E-state index in [1.807, 2.05) is 0 Å². The average molecular weight is 274 g/mol. The van der Waals surface area contributed by atoms with Crippen molar-refractivity contribution in [1.29, 1.82) is 0 Å². The van der Waals surface area contributed by atoms with Crippen molar-refractivity contribution in [1.82, 2.24) is 9.97 Å². The number of imidazole rings is 1. The summed E-state index contributed by atoms with van der Waals surface area (Å²) in [5, 5.41) is 8.94. The second-order valence-electron chi connectivity index (χ2n) is 4.23. The van der Waals surface area contributed by atoms with Crippen molar-refractivity contribution in [3.63, 3.8) is 0 Å². The summed E-state index contributed by atoms with van der Waals surface area (Å²) < 4.78 is 26.7. The maximum absolute atomic E-state index is 13.6. The summed E-state index contributed by atoms with van der Waals surface area (Å²) in [6.07, 6.45) is 0. The molecular formula is C14H8F2N2O2. The number of aromatic carboxylic acids is 1. The summed E-state index contributed by atoms with van der Waals surface area (Å²) in [6.45, 7) is 0. The highest BCUT2D eigenvalue weighted by Crippen LogP contribution is 2.24. The summed E-state index contributed by atoms with van der Waals surface area (Å²) in [7, 11) is 0. The molecule has 2 N–H and O–H groups in total. The number of hydrogen-bond donors (Lipinski definition) is 2. The number of fused-ring (bicyclic) bond motifs is 1. The molecule has 1 heterocycles. The van der Waals surface area contributed by atoms with Gasteiger partial charge in [-0.2, -0.15) is 0 Å². The van der Waals surface area contributed by atoms with Crippen molar-refractivity contribution in [2.24, 2.45) is 0 Å². The Morgan fingerprint density at radius 2 is 2.00 bits per heavy atom. The van der Waals surface area contributed by atoms with E-state index in [9.17, 15) is 13.6 Å². The molecule has 0 radical (unpaired) electrons. The zero-order valence-corrected chi connectivity index (χ0v) is 10.0. The van der Waals surface area contributed by atoms with Crippen LogP contribution in [-0.2, 0) is 0 Å². The van der Waals surface area contributed by atoms with Crippen LogP contribution in [0.3, 0.4) is 0 Å². The number of nitrogens with zero attached hydrogens (tertiary/aromatic N) is 1. The number of carboxylic acids is 1. The van der Waals surface area contributed by atoms with Gasteiger partial charge in [-0.15, -0.1) is 0 Å². The fourth-order valence-corrected chi connectivity index (χ4v) is 1.95. The van der Waals surface area contributed by atoms with Crippen LogP contribution in [0.15, 0.2) is 36.4 Å². The van der Waals surface area contributed by atoms with Crippen molar-refractivity contribution in [2.45, 2.75) is 0 Å². The van der Waals surface area contributed by atoms with Gasteiger partial charge in [0.1, 0.15) is 11.3 Å². The lowest BCUT2D eigenvalue weighted by Gasteiger charge is -1.98. The zero-order valence-electron chi connectivity index (χ0n) is 10.0. The van der Waals surface area contributed by atoms with Gasteiger partial charge in [-0.25, -0.2) is 18.6 Å². The van der Waals surface area contributed by atoms with E-state index in [0.717, 1.165) is 6.07 Å². The Morgan fingerprint density at radius 3 is 2.75 bits per heavy atom. The van der Waals surface area contributed by atoms with Gasteiger partial charge in [-0.3, -0.25) is 0 Å². The molecule has 3 rings (SSSR count). The molecule has 0 saturated carbocycles. The van der Waals surface area contributed by atoms with E-state index < -0.39 is 17.6 Å². The number of H-pyrrole nitrogens is 1. The van der Waals surface area contributed by atoms with Crippen LogP contribution in [-0.4, -0.2) is 21.0 Å². The molecule has 0 unspecified atom stereocenters. The van der Waals surface area contributed by atoms with Gasteiger partial charge in [0.25, 0.3) is 0 Å². The molecule has 0 aliphatic carbocycles. The minimum atomic E-state index is -1.07. The van der Waals surface area contributed by atoms with E-state index in [4.69, 9.17) is 5.11 Å². The highest BCUT2D eigenvalue weighted by atomic mass is 19.2. The predicted octanol–water partition coefficient (Wildman–Crippen LogP) is 3.21. The van der Waals surface area contributed by atoms with Crippen LogP contribution in [0.5, 0.6) is 0 Å². The molecule has 1 aromatic heterocycles. The van der Waals surface area contributed by atoms with Gasteiger partial charge in [0.15, 0.2) is 11.6 Å². The van der Waals surface area contributed by atoms with Gasteiger partial charge in [-0.05, 0) is 24.3 Å². The molecule has 0 spiro atoms. The Kier molecular flexibility index (Phi) is 2.71. The van der Waals surface area contributed by atoms with Crippen molar-refractivity contribution < 1.29 is 18.7 Å². The van der Waals surface area contributed by atoms with Crippen LogP contribution in [0, 0.1) is 11.6 Å². The summed E-state index contributed by atoms with van der Waals surface area (Å²) in [6, 6.07) is 8.43.